The Bertz CT molecular complexity index is 303. The Morgan fingerprint density at radius 3 is 2.73 bits per heavy atom. The third-order valence-electron chi connectivity index (χ3n) is 2.41. The Balaban J connectivity index is 2.34. The average Bonchev–Trinajstić information content (AvgIpc) is 2.22. The number of aryl methyl sites for hydroxylation is 1. The van der Waals surface area contributed by atoms with E-state index >= 15 is 0 Å². The number of hydrogen-bond donors (Lipinski definition) is 0. The quantitative estimate of drug-likeness (QED) is 0.668. The molecule has 0 spiro atoms. The van der Waals surface area contributed by atoms with Gasteiger partial charge in [0.25, 0.3) is 0 Å². The van der Waals surface area contributed by atoms with Crippen LogP contribution in [0.5, 0.6) is 0 Å². The molecule has 0 aliphatic carbocycles. The van der Waals surface area contributed by atoms with Crippen molar-refractivity contribution in [3.8, 4) is 0 Å². The van der Waals surface area contributed by atoms with Gasteiger partial charge >= 0.3 is 0 Å². The summed E-state index contributed by atoms with van der Waals surface area (Å²) in [6, 6.07) is 3.94. The normalized spacial score (nSPS) is 10.3. The molecule has 0 bridgehead atoms. The van der Waals surface area contributed by atoms with Crippen molar-refractivity contribution >= 4 is 5.78 Å². The number of rotatable bonds is 6. The summed E-state index contributed by atoms with van der Waals surface area (Å²) in [6.07, 6.45) is 6.33. The second-order valence-corrected chi connectivity index (χ2v) is 4.00. The Morgan fingerprint density at radius 2 is 2.13 bits per heavy atom. The first-order valence-corrected chi connectivity index (χ1v) is 5.65. The van der Waals surface area contributed by atoms with Crippen molar-refractivity contribution in [1.82, 2.24) is 4.98 Å². The van der Waals surface area contributed by atoms with Crippen molar-refractivity contribution in [2.24, 2.45) is 0 Å². The summed E-state index contributed by atoms with van der Waals surface area (Å²) >= 11 is 0. The molecule has 0 radical (unpaired) electrons. The van der Waals surface area contributed by atoms with Gasteiger partial charge in [-0.05, 0) is 25.0 Å². The maximum Gasteiger partial charge on any atom is 0.138 e. The molecule has 0 saturated carbocycles. The van der Waals surface area contributed by atoms with Gasteiger partial charge in [0.05, 0.1) is 0 Å². The Morgan fingerprint density at radius 1 is 1.33 bits per heavy atom. The molecule has 1 heterocycles. The molecular weight excluding hydrogens is 186 g/mol. The molecule has 1 aromatic rings. The van der Waals surface area contributed by atoms with Gasteiger partial charge in [-0.1, -0.05) is 25.8 Å². The fourth-order valence-electron chi connectivity index (χ4n) is 1.47. The molecule has 0 amide bonds. The number of Topliss-reactive ketones (excluding diaryl/α,β-unsaturated/α-hetero) is 1. The van der Waals surface area contributed by atoms with E-state index in [0.29, 0.717) is 18.6 Å². The molecule has 0 unspecified atom stereocenters. The molecular formula is C13H19NO. The lowest BCUT2D eigenvalue weighted by molar-refractivity contribution is -0.118. The molecule has 1 aromatic heterocycles. The van der Waals surface area contributed by atoms with Crippen LogP contribution in [0.3, 0.4) is 0 Å². The van der Waals surface area contributed by atoms with Gasteiger partial charge in [-0.2, -0.15) is 0 Å². The summed E-state index contributed by atoms with van der Waals surface area (Å²) in [4.78, 5) is 15.8. The zero-order chi connectivity index (χ0) is 11.1. The van der Waals surface area contributed by atoms with Crippen LogP contribution in [-0.4, -0.2) is 10.8 Å². The van der Waals surface area contributed by atoms with Crippen LogP contribution >= 0.6 is 0 Å². The standard InChI is InChI=1S/C13H19NO/c1-3-4-5-6-13(15)9-12-8-7-11(2)10-14-12/h7-8,10H,3-6,9H2,1-2H3. The second kappa shape index (κ2) is 6.33. The largest absolute Gasteiger partial charge is 0.299 e. The van der Waals surface area contributed by atoms with Crippen molar-refractivity contribution < 1.29 is 4.79 Å². The zero-order valence-electron chi connectivity index (χ0n) is 9.62. The summed E-state index contributed by atoms with van der Waals surface area (Å²) in [5.41, 5.74) is 2.03. The van der Waals surface area contributed by atoms with E-state index in [4.69, 9.17) is 0 Å². The minimum atomic E-state index is 0.305. The molecule has 2 heteroatoms. The van der Waals surface area contributed by atoms with Crippen LogP contribution < -0.4 is 0 Å². The maximum absolute atomic E-state index is 11.5. The van der Waals surface area contributed by atoms with E-state index in [0.717, 1.165) is 30.5 Å². The van der Waals surface area contributed by atoms with Crippen LogP contribution in [0.1, 0.15) is 43.9 Å². The molecule has 1 rings (SSSR count). The molecule has 0 saturated heterocycles. The highest BCUT2D eigenvalue weighted by molar-refractivity contribution is 5.80. The van der Waals surface area contributed by atoms with Gasteiger partial charge < -0.3 is 0 Å². The van der Waals surface area contributed by atoms with E-state index in [1.807, 2.05) is 25.3 Å². The number of unbranched alkanes of at least 4 members (excludes halogenated alkanes) is 2. The van der Waals surface area contributed by atoms with Gasteiger partial charge in [0.2, 0.25) is 0 Å². The number of carbonyl (C=O) groups is 1. The molecule has 15 heavy (non-hydrogen) atoms. The SMILES string of the molecule is CCCCCC(=O)Cc1ccc(C)cn1. The van der Waals surface area contributed by atoms with Gasteiger partial charge in [0.1, 0.15) is 5.78 Å². The second-order valence-electron chi connectivity index (χ2n) is 4.00. The van der Waals surface area contributed by atoms with Gasteiger partial charge in [0, 0.05) is 24.7 Å². The van der Waals surface area contributed by atoms with Crippen LogP contribution in [0, 0.1) is 6.92 Å². The first-order chi connectivity index (χ1) is 7.22. The fourth-order valence-corrected chi connectivity index (χ4v) is 1.47. The first-order valence-electron chi connectivity index (χ1n) is 5.65. The monoisotopic (exact) mass is 205 g/mol. The maximum atomic E-state index is 11.5. The van der Waals surface area contributed by atoms with Gasteiger partial charge in [-0.25, -0.2) is 0 Å². The summed E-state index contributed by atoms with van der Waals surface area (Å²) in [7, 11) is 0. The zero-order valence-corrected chi connectivity index (χ0v) is 9.62. The number of carbonyl (C=O) groups excluding carboxylic acids is 1. The van der Waals surface area contributed by atoms with Crippen LogP contribution in [0.25, 0.3) is 0 Å². The number of aromatic nitrogens is 1. The Kier molecular flexibility index (Phi) is 5.02. The lowest BCUT2D eigenvalue weighted by atomic mass is 10.1. The van der Waals surface area contributed by atoms with E-state index in [-0.39, 0.29) is 0 Å². The molecule has 0 atom stereocenters. The number of nitrogens with zero attached hydrogens (tertiary/aromatic N) is 1. The van der Waals surface area contributed by atoms with Crippen molar-refractivity contribution in [3.05, 3.63) is 29.6 Å². The predicted molar refractivity (Wildman–Crippen MR) is 61.8 cm³/mol. The van der Waals surface area contributed by atoms with E-state index in [9.17, 15) is 4.79 Å². The van der Waals surface area contributed by atoms with Gasteiger partial charge in [0.15, 0.2) is 0 Å². The van der Waals surface area contributed by atoms with Crippen LogP contribution in [0.4, 0.5) is 0 Å². The molecule has 82 valence electrons. The topological polar surface area (TPSA) is 30.0 Å². The lowest BCUT2D eigenvalue weighted by Crippen LogP contribution is -2.04. The van der Waals surface area contributed by atoms with Crippen molar-refractivity contribution in [2.75, 3.05) is 0 Å². The van der Waals surface area contributed by atoms with Gasteiger partial charge in [-0.3, -0.25) is 9.78 Å². The van der Waals surface area contributed by atoms with Gasteiger partial charge in [-0.15, -0.1) is 0 Å². The lowest BCUT2D eigenvalue weighted by Gasteiger charge is -2.00. The molecule has 0 aliphatic heterocycles. The number of pyridine rings is 1. The van der Waals surface area contributed by atoms with Crippen LogP contribution in [0.15, 0.2) is 18.3 Å². The third-order valence-corrected chi connectivity index (χ3v) is 2.41. The van der Waals surface area contributed by atoms with Crippen molar-refractivity contribution in [3.63, 3.8) is 0 Å². The fraction of sp³-hybridized carbons (Fsp3) is 0.538. The molecule has 0 aliphatic rings. The summed E-state index contributed by atoms with van der Waals surface area (Å²) in [5, 5.41) is 0. The molecule has 2 nitrogen and oxygen atoms in total. The van der Waals surface area contributed by atoms with Crippen molar-refractivity contribution in [1.29, 1.82) is 0 Å². The Labute approximate surface area is 91.7 Å². The van der Waals surface area contributed by atoms with E-state index < -0.39 is 0 Å². The average molecular weight is 205 g/mol. The summed E-state index contributed by atoms with van der Waals surface area (Å²) in [6.45, 7) is 4.14. The minimum absolute atomic E-state index is 0.305. The highest BCUT2D eigenvalue weighted by Gasteiger charge is 2.03. The van der Waals surface area contributed by atoms with E-state index in [1.165, 1.54) is 0 Å². The summed E-state index contributed by atoms with van der Waals surface area (Å²) < 4.78 is 0. The Hall–Kier alpha value is -1.18. The first kappa shape index (κ1) is 11.9. The van der Waals surface area contributed by atoms with Crippen molar-refractivity contribution in [2.45, 2.75) is 46.0 Å². The smallest absolute Gasteiger partial charge is 0.138 e. The highest BCUT2D eigenvalue weighted by atomic mass is 16.1. The molecule has 0 fully saturated rings. The number of hydrogen-bond acceptors (Lipinski definition) is 2. The number of ketones is 1. The van der Waals surface area contributed by atoms with Crippen LogP contribution in [0.2, 0.25) is 0 Å². The predicted octanol–water partition coefficient (Wildman–Crippen LogP) is 3.08. The van der Waals surface area contributed by atoms with E-state index in [2.05, 4.69) is 11.9 Å². The summed E-state index contributed by atoms with van der Waals surface area (Å²) in [5.74, 6) is 0.305. The minimum Gasteiger partial charge on any atom is -0.299 e. The van der Waals surface area contributed by atoms with E-state index in [1.54, 1.807) is 0 Å². The molecule has 0 aromatic carbocycles. The molecule has 0 N–H and O–H groups in total. The highest BCUT2D eigenvalue weighted by Crippen LogP contribution is 2.05. The third kappa shape index (κ3) is 4.73. The van der Waals surface area contributed by atoms with Crippen LogP contribution in [-0.2, 0) is 11.2 Å².